The third-order valence-corrected chi connectivity index (χ3v) is 5.82. The van der Waals surface area contributed by atoms with Gasteiger partial charge in [-0.2, -0.15) is 0 Å². The van der Waals surface area contributed by atoms with E-state index < -0.39 is 0 Å². The maximum absolute atomic E-state index is 12.5. The second-order valence-electron chi connectivity index (χ2n) is 6.41. The molecule has 1 heterocycles. The fourth-order valence-electron chi connectivity index (χ4n) is 3.08. The first-order valence-electron chi connectivity index (χ1n) is 8.34. The Morgan fingerprint density at radius 3 is 2.35 bits per heavy atom. The van der Waals surface area contributed by atoms with Gasteiger partial charge in [-0.25, -0.2) is 0 Å². The molecule has 26 heavy (non-hydrogen) atoms. The number of halogens is 4. The summed E-state index contributed by atoms with van der Waals surface area (Å²) < 4.78 is 0. The van der Waals surface area contributed by atoms with E-state index in [1.54, 1.807) is 18.2 Å². The summed E-state index contributed by atoms with van der Waals surface area (Å²) in [5.41, 5.74) is 1.72. The van der Waals surface area contributed by atoms with Gasteiger partial charge in [-0.1, -0.05) is 52.5 Å². The van der Waals surface area contributed by atoms with Crippen molar-refractivity contribution in [2.45, 2.75) is 19.4 Å². The van der Waals surface area contributed by atoms with Gasteiger partial charge >= 0.3 is 0 Å². The lowest BCUT2D eigenvalue weighted by molar-refractivity contribution is -0.121. The molecule has 3 rings (SSSR count). The molecule has 0 aromatic heterocycles. The van der Waals surface area contributed by atoms with Crippen molar-refractivity contribution in [1.29, 1.82) is 0 Å². The molecule has 2 aromatic rings. The molecular weight excluding hydrogens is 414 g/mol. The number of anilines is 1. The molecule has 0 radical (unpaired) electrons. The molecule has 0 unspecified atom stereocenters. The maximum Gasteiger partial charge on any atom is 0.227 e. The Balaban J connectivity index is 1.52. The van der Waals surface area contributed by atoms with E-state index in [2.05, 4.69) is 10.2 Å². The summed E-state index contributed by atoms with van der Waals surface area (Å²) >= 11 is 24.0. The Labute approximate surface area is 173 Å². The zero-order chi connectivity index (χ0) is 18.7. The molecular formula is C19H18Cl4N2O. The van der Waals surface area contributed by atoms with E-state index in [1.165, 1.54) is 0 Å². The van der Waals surface area contributed by atoms with Crippen LogP contribution in [0.3, 0.4) is 0 Å². The highest BCUT2D eigenvalue weighted by atomic mass is 35.5. The SMILES string of the molecule is O=C(Nc1ccc(Cl)cc1Cl)C1CCN(Cc2ccc(Cl)c(Cl)c2)CC1. The van der Waals surface area contributed by atoms with Gasteiger partial charge in [0.25, 0.3) is 0 Å². The second kappa shape index (κ2) is 8.81. The van der Waals surface area contributed by atoms with E-state index in [1.807, 2.05) is 18.2 Å². The van der Waals surface area contributed by atoms with Crippen molar-refractivity contribution < 1.29 is 4.79 Å². The molecule has 7 heteroatoms. The van der Waals surface area contributed by atoms with Crippen molar-refractivity contribution in [3.05, 3.63) is 62.1 Å². The summed E-state index contributed by atoms with van der Waals surface area (Å²) in [5.74, 6) is -0.0183. The van der Waals surface area contributed by atoms with Gasteiger partial charge < -0.3 is 5.32 Å². The molecule has 0 aliphatic carbocycles. The van der Waals surface area contributed by atoms with E-state index in [0.29, 0.717) is 25.8 Å². The standard InChI is InChI=1S/C19H18Cl4N2O/c20-14-2-4-18(17(23)10-14)24-19(26)13-5-7-25(8-6-13)11-12-1-3-15(21)16(22)9-12/h1-4,9-10,13H,5-8,11H2,(H,24,26). The molecule has 138 valence electrons. The van der Waals surface area contributed by atoms with Crippen molar-refractivity contribution in [2.75, 3.05) is 18.4 Å². The second-order valence-corrected chi connectivity index (χ2v) is 8.07. The normalized spacial score (nSPS) is 15.8. The molecule has 0 bridgehead atoms. The van der Waals surface area contributed by atoms with E-state index in [9.17, 15) is 4.79 Å². The quantitative estimate of drug-likeness (QED) is 0.629. The topological polar surface area (TPSA) is 32.3 Å². The Morgan fingerprint density at radius 2 is 1.69 bits per heavy atom. The number of likely N-dealkylation sites (tertiary alicyclic amines) is 1. The van der Waals surface area contributed by atoms with Crippen molar-refractivity contribution in [1.82, 2.24) is 4.90 Å². The van der Waals surface area contributed by atoms with Gasteiger partial charge in [0.2, 0.25) is 5.91 Å². The molecule has 2 aromatic carbocycles. The first-order chi connectivity index (χ1) is 12.4. The van der Waals surface area contributed by atoms with Crippen molar-refractivity contribution in [3.8, 4) is 0 Å². The highest BCUT2D eigenvalue weighted by Gasteiger charge is 2.25. The number of hydrogen-bond donors (Lipinski definition) is 1. The summed E-state index contributed by atoms with van der Waals surface area (Å²) in [7, 11) is 0. The van der Waals surface area contributed by atoms with Crippen LogP contribution in [0.4, 0.5) is 5.69 Å². The minimum Gasteiger partial charge on any atom is -0.325 e. The average molecular weight is 432 g/mol. The van der Waals surface area contributed by atoms with Gasteiger partial charge in [0.1, 0.15) is 0 Å². The van der Waals surface area contributed by atoms with Gasteiger partial charge in [0.15, 0.2) is 0 Å². The van der Waals surface area contributed by atoms with Gasteiger partial charge in [-0.15, -0.1) is 0 Å². The highest BCUT2D eigenvalue weighted by Crippen LogP contribution is 2.28. The number of nitrogens with one attached hydrogen (secondary N) is 1. The zero-order valence-corrected chi connectivity index (χ0v) is 17.0. The third kappa shape index (κ3) is 5.05. The van der Waals surface area contributed by atoms with Crippen LogP contribution in [-0.4, -0.2) is 23.9 Å². The number of hydrogen-bond acceptors (Lipinski definition) is 2. The molecule has 0 saturated carbocycles. The number of nitrogens with zero attached hydrogens (tertiary/aromatic N) is 1. The smallest absolute Gasteiger partial charge is 0.227 e. The lowest BCUT2D eigenvalue weighted by Crippen LogP contribution is -2.37. The summed E-state index contributed by atoms with van der Waals surface area (Å²) in [4.78, 5) is 14.8. The number of amides is 1. The van der Waals surface area contributed by atoms with Crippen LogP contribution in [0.5, 0.6) is 0 Å². The van der Waals surface area contributed by atoms with E-state index in [4.69, 9.17) is 46.4 Å². The Hall–Kier alpha value is -0.970. The number of rotatable bonds is 4. The van der Waals surface area contributed by atoms with E-state index in [0.717, 1.165) is 38.0 Å². The molecule has 0 atom stereocenters. The maximum atomic E-state index is 12.5. The fourth-order valence-corrected chi connectivity index (χ4v) is 3.85. The molecule has 1 aliphatic heterocycles. The summed E-state index contributed by atoms with van der Waals surface area (Å²) in [6.45, 7) is 2.51. The van der Waals surface area contributed by atoms with Crippen molar-refractivity contribution >= 4 is 58.0 Å². The molecule has 1 aliphatic rings. The largest absolute Gasteiger partial charge is 0.325 e. The summed E-state index contributed by atoms with van der Waals surface area (Å²) in [5, 5.41) is 5.03. The van der Waals surface area contributed by atoms with Crippen LogP contribution in [-0.2, 0) is 11.3 Å². The molecule has 0 spiro atoms. The van der Waals surface area contributed by atoms with Crippen LogP contribution in [0.1, 0.15) is 18.4 Å². The van der Waals surface area contributed by atoms with Crippen LogP contribution >= 0.6 is 46.4 Å². The Bertz CT molecular complexity index is 804. The Morgan fingerprint density at radius 1 is 0.962 bits per heavy atom. The van der Waals surface area contributed by atoms with Crippen LogP contribution in [0.15, 0.2) is 36.4 Å². The Kier molecular flexibility index (Phi) is 6.70. The van der Waals surface area contributed by atoms with Crippen molar-refractivity contribution in [3.63, 3.8) is 0 Å². The number of benzene rings is 2. The fraction of sp³-hybridized carbons (Fsp3) is 0.316. The monoisotopic (exact) mass is 430 g/mol. The predicted molar refractivity (Wildman–Crippen MR) is 110 cm³/mol. The van der Waals surface area contributed by atoms with Gasteiger partial charge in [0, 0.05) is 17.5 Å². The lowest BCUT2D eigenvalue weighted by atomic mass is 9.95. The predicted octanol–water partition coefficient (Wildman–Crippen LogP) is 6.15. The number of piperidine rings is 1. The van der Waals surface area contributed by atoms with Gasteiger partial charge in [0.05, 0.1) is 20.8 Å². The van der Waals surface area contributed by atoms with Crippen LogP contribution < -0.4 is 5.32 Å². The average Bonchev–Trinajstić information content (AvgIpc) is 2.61. The lowest BCUT2D eigenvalue weighted by Gasteiger charge is -2.31. The molecule has 3 nitrogen and oxygen atoms in total. The number of carbonyl (C=O) groups excluding carboxylic acids is 1. The van der Waals surface area contributed by atoms with Crippen LogP contribution in [0, 0.1) is 5.92 Å². The number of carbonyl (C=O) groups is 1. The summed E-state index contributed by atoms with van der Waals surface area (Å²) in [6, 6.07) is 10.7. The highest BCUT2D eigenvalue weighted by molar-refractivity contribution is 6.42. The summed E-state index contributed by atoms with van der Waals surface area (Å²) in [6.07, 6.45) is 1.61. The zero-order valence-electron chi connectivity index (χ0n) is 13.9. The first-order valence-corrected chi connectivity index (χ1v) is 9.86. The molecule has 1 N–H and O–H groups in total. The van der Waals surface area contributed by atoms with Crippen molar-refractivity contribution in [2.24, 2.45) is 5.92 Å². The van der Waals surface area contributed by atoms with Crippen LogP contribution in [0.2, 0.25) is 20.1 Å². The van der Waals surface area contributed by atoms with Gasteiger partial charge in [-0.05, 0) is 61.8 Å². The van der Waals surface area contributed by atoms with Gasteiger partial charge in [-0.3, -0.25) is 9.69 Å². The molecule has 1 fully saturated rings. The van der Waals surface area contributed by atoms with E-state index in [-0.39, 0.29) is 11.8 Å². The third-order valence-electron chi connectivity index (χ3n) is 4.54. The first kappa shape index (κ1) is 19.8. The van der Waals surface area contributed by atoms with E-state index >= 15 is 0 Å². The van der Waals surface area contributed by atoms with Crippen LogP contribution in [0.25, 0.3) is 0 Å². The molecule has 1 saturated heterocycles. The molecule has 1 amide bonds. The minimum atomic E-state index is -0.0215. The minimum absolute atomic E-state index is 0.00316.